The van der Waals surface area contributed by atoms with Gasteiger partial charge in [-0.25, -0.2) is 4.98 Å². The molecule has 0 aliphatic heterocycles. The van der Waals surface area contributed by atoms with Gasteiger partial charge in [0.25, 0.3) is 0 Å². The highest BCUT2D eigenvalue weighted by Gasteiger charge is 2.15. The number of oxazole rings is 1. The highest BCUT2D eigenvalue weighted by Crippen LogP contribution is 2.40. The van der Waals surface area contributed by atoms with Gasteiger partial charge >= 0.3 is 0 Å². The third-order valence-corrected chi connectivity index (χ3v) is 6.10. The summed E-state index contributed by atoms with van der Waals surface area (Å²) in [5.41, 5.74) is 3.16. The van der Waals surface area contributed by atoms with Gasteiger partial charge < -0.3 is 14.3 Å². The Bertz CT molecular complexity index is 1190. The average molecular weight is 517 g/mol. The van der Waals surface area contributed by atoms with Gasteiger partial charge in [-0.05, 0) is 75.2 Å². The second-order valence-corrected chi connectivity index (χ2v) is 7.67. The molecule has 1 N–H and O–H groups in total. The third-order valence-electron chi connectivity index (χ3n) is 4.09. The monoisotopic (exact) mass is 515 g/mol. The molecule has 8 heteroatoms. The minimum absolute atomic E-state index is 0.0202. The summed E-state index contributed by atoms with van der Waals surface area (Å²) in [5.74, 6) is 0.879. The number of hydrogen-bond donors (Lipinski definition) is 1. The molecule has 0 amide bonds. The van der Waals surface area contributed by atoms with Crippen LogP contribution in [-0.4, -0.2) is 27.9 Å². The first kappa shape index (κ1) is 19.6. The van der Waals surface area contributed by atoms with Gasteiger partial charge in [-0.15, -0.1) is 0 Å². The Morgan fingerprint density at radius 2 is 2.07 bits per heavy atom. The van der Waals surface area contributed by atoms with E-state index in [1.54, 1.807) is 24.5 Å². The lowest BCUT2D eigenvalue weighted by Crippen LogP contribution is -1.95. The van der Waals surface area contributed by atoms with Gasteiger partial charge in [0.05, 0.1) is 17.9 Å². The number of phenolic OH excluding ortho intramolecular Hbond substituents is 1. The molecule has 4 rings (SSSR count). The van der Waals surface area contributed by atoms with Crippen LogP contribution in [0, 0.1) is 0 Å². The molecule has 0 aliphatic carbocycles. The molecule has 0 saturated heterocycles. The van der Waals surface area contributed by atoms with E-state index in [1.165, 1.54) is 0 Å². The first-order valence-corrected chi connectivity index (χ1v) is 10.3. The van der Waals surface area contributed by atoms with Crippen LogP contribution in [0.1, 0.15) is 12.5 Å². The van der Waals surface area contributed by atoms with E-state index < -0.39 is 0 Å². The van der Waals surface area contributed by atoms with Crippen molar-refractivity contribution in [2.75, 3.05) is 6.61 Å². The number of nitrogens with zero attached hydrogens (tertiary/aromatic N) is 3. The SMILES string of the molecule is CCOc1cc(Br)c(Br)c(C=Nc2cccc(-c3nc4ncccc4o3)c2)c1O. The highest BCUT2D eigenvalue weighted by molar-refractivity contribution is 9.13. The molecule has 2 aromatic carbocycles. The smallest absolute Gasteiger partial charge is 0.228 e. The van der Waals surface area contributed by atoms with Gasteiger partial charge in [-0.3, -0.25) is 4.99 Å². The van der Waals surface area contributed by atoms with Crippen LogP contribution < -0.4 is 4.74 Å². The summed E-state index contributed by atoms with van der Waals surface area (Å²) in [6.07, 6.45) is 3.26. The van der Waals surface area contributed by atoms with Crippen molar-refractivity contribution < 1.29 is 14.3 Å². The van der Waals surface area contributed by atoms with Gasteiger partial charge in [0.15, 0.2) is 22.7 Å². The summed E-state index contributed by atoms with van der Waals surface area (Å²) in [5, 5.41) is 10.5. The number of aromatic hydroxyl groups is 1. The Balaban J connectivity index is 1.69. The van der Waals surface area contributed by atoms with Crippen LogP contribution in [0.5, 0.6) is 11.5 Å². The minimum atomic E-state index is 0.0202. The highest BCUT2D eigenvalue weighted by atomic mass is 79.9. The molecule has 29 heavy (non-hydrogen) atoms. The zero-order chi connectivity index (χ0) is 20.4. The fourth-order valence-corrected chi connectivity index (χ4v) is 3.57. The van der Waals surface area contributed by atoms with Gasteiger partial charge in [0.1, 0.15) is 0 Å². The van der Waals surface area contributed by atoms with Crippen LogP contribution in [-0.2, 0) is 0 Å². The van der Waals surface area contributed by atoms with Crippen LogP contribution >= 0.6 is 31.9 Å². The zero-order valence-electron chi connectivity index (χ0n) is 15.3. The van der Waals surface area contributed by atoms with Crippen molar-refractivity contribution in [2.24, 2.45) is 4.99 Å². The lowest BCUT2D eigenvalue weighted by molar-refractivity contribution is 0.317. The van der Waals surface area contributed by atoms with Crippen molar-refractivity contribution in [1.29, 1.82) is 0 Å². The molecule has 4 aromatic rings. The summed E-state index contributed by atoms with van der Waals surface area (Å²) in [6.45, 7) is 2.30. The van der Waals surface area contributed by atoms with E-state index in [9.17, 15) is 5.11 Å². The van der Waals surface area contributed by atoms with Crippen LogP contribution in [0.25, 0.3) is 22.7 Å². The number of hydrogen-bond acceptors (Lipinski definition) is 6. The Morgan fingerprint density at radius 1 is 1.21 bits per heavy atom. The van der Waals surface area contributed by atoms with Crippen molar-refractivity contribution in [2.45, 2.75) is 6.92 Å². The predicted molar refractivity (Wildman–Crippen MR) is 119 cm³/mol. The van der Waals surface area contributed by atoms with Crippen molar-refractivity contribution in [3.05, 3.63) is 63.2 Å². The number of halogens is 2. The molecule has 2 heterocycles. The quantitative estimate of drug-likeness (QED) is 0.316. The van der Waals surface area contributed by atoms with Gasteiger partial charge in [0, 0.05) is 26.9 Å². The maximum Gasteiger partial charge on any atom is 0.228 e. The molecule has 146 valence electrons. The van der Waals surface area contributed by atoms with Crippen molar-refractivity contribution in [1.82, 2.24) is 9.97 Å². The largest absolute Gasteiger partial charge is 0.504 e. The Kier molecular flexibility index (Phi) is 5.64. The van der Waals surface area contributed by atoms with Crippen LogP contribution in [0.15, 0.2) is 67.0 Å². The van der Waals surface area contributed by atoms with Crippen molar-refractivity contribution in [3.63, 3.8) is 0 Å². The zero-order valence-corrected chi connectivity index (χ0v) is 18.4. The number of rotatable bonds is 5. The topological polar surface area (TPSA) is 80.7 Å². The normalized spacial score (nSPS) is 11.4. The summed E-state index contributed by atoms with van der Waals surface area (Å²) in [4.78, 5) is 13.1. The van der Waals surface area contributed by atoms with E-state index in [0.717, 1.165) is 10.0 Å². The number of phenols is 1. The Morgan fingerprint density at radius 3 is 2.86 bits per heavy atom. The number of aromatic nitrogens is 2. The van der Waals surface area contributed by atoms with Crippen molar-refractivity contribution >= 4 is 55.0 Å². The van der Waals surface area contributed by atoms with E-state index >= 15 is 0 Å². The predicted octanol–water partition coefficient (Wildman–Crippen LogP) is 6.27. The number of ether oxygens (including phenoxy) is 1. The van der Waals surface area contributed by atoms with Crippen molar-refractivity contribution in [3.8, 4) is 23.0 Å². The van der Waals surface area contributed by atoms with Crippen LogP contribution in [0.2, 0.25) is 0 Å². The first-order valence-electron chi connectivity index (χ1n) is 8.76. The van der Waals surface area contributed by atoms with E-state index in [-0.39, 0.29) is 5.75 Å². The molecular weight excluding hydrogens is 502 g/mol. The van der Waals surface area contributed by atoms with E-state index in [2.05, 4.69) is 46.8 Å². The molecule has 0 saturated carbocycles. The maximum atomic E-state index is 10.5. The first-order chi connectivity index (χ1) is 14.1. The average Bonchev–Trinajstić information content (AvgIpc) is 3.17. The van der Waals surface area contributed by atoms with Gasteiger partial charge in [-0.1, -0.05) is 6.07 Å². The Hall–Kier alpha value is -2.71. The van der Waals surface area contributed by atoms with Crippen LogP contribution in [0.4, 0.5) is 5.69 Å². The molecule has 0 aliphatic rings. The fourth-order valence-electron chi connectivity index (χ4n) is 2.75. The number of benzene rings is 2. The number of fused-ring (bicyclic) bond motifs is 1. The maximum absolute atomic E-state index is 10.5. The molecule has 0 bridgehead atoms. The molecule has 0 atom stereocenters. The molecule has 0 fully saturated rings. The van der Waals surface area contributed by atoms with E-state index in [1.807, 2.05) is 37.3 Å². The second kappa shape index (κ2) is 8.34. The third kappa shape index (κ3) is 4.04. The molecule has 0 spiro atoms. The molecule has 0 unspecified atom stereocenters. The number of aliphatic imine (C=N–C) groups is 1. The van der Waals surface area contributed by atoms with Gasteiger partial charge in [-0.2, -0.15) is 4.98 Å². The Labute approximate surface area is 183 Å². The van der Waals surface area contributed by atoms with Crippen LogP contribution in [0.3, 0.4) is 0 Å². The summed E-state index contributed by atoms with van der Waals surface area (Å²) >= 11 is 6.94. The number of pyridine rings is 1. The van der Waals surface area contributed by atoms with E-state index in [4.69, 9.17) is 9.15 Å². The summed E-state index contributed by atoms with van der Waals surface area (Å²) in [7, 11) is 0. The molecule has 6 nitrogen and oxygen atoms in total. The fraction of sp³-hybridized carbons (Fsp3) is 0.0952. The second-order valence-electron chi connectivity index (χ2n) is 6.02. The molecule has 0 radical (unpaired) electrons. The summed E-state index contributed by atoms with van der Waals surface area (Å²) < 4.78 is 12.7. The standard InChI is InChI=1S/C21H15Br2N3O3/c1-2-28-17-10-15(22)18(23)14(19(17)27)11-25-13-6-3-5-12(9-13)21-26-20-16(29-21)7-4-8-24-20/h3-11,27H,2H2,1H3. The minimum Gasteiger partial charge on any atom is -0.504 e. The van der Waals surface area contributed by atoms with Gasteiger partial charge in [0.2, 0.25) is 5.89 Å². The lowest BCUT2D eigenvalue weighted by Gasteiger charge is -2.11. The summed E-state index contributed by atoms with van der Waals surface area (Å²) in [6, 6.07) is 12.8. The molecule has 2 aromatic heterocycles. The lowest BCUT2D eigenvalue weighted by atomic mass is 10.2. The van der Waals surface area contributed by atoms with E-state index in [0.29, 0.717) is 45.2 Å². The molecular formula is C21H15Br2N3O3.